The van der Waals surface area contributed by atoms with E-state index in [0.29, 0.717) is 30.5 Å². The molecule has 0 spiro atoms. The van der Waals surface area contributed by atoms with Gasteiger partial charge >= 0.3 is 0 Å². The van der Waals surface area contributed by atoms with E-state index in [9.17, 15) is 0 Å². The lowest BCUT2D eigenvalue weighted by molar-refractivity contribution is 0.116. The number of nitrogen functional groups attached to an aromatic ring is 1. The van der Waals surface area contributed by atoms with Crippen molar-refractivity contribution in [1.82, 2.24) is 4.57 Å². The Labute approximate surface area is 109 Å². The molecule has 4 nitrogen and oxygen atoms in total. The second-order valence-electron chi connectivity index (χ2n) is 5.03. The molecular formula is C14H23N3O. The van der Waals surface area contributed by atoms with Crippen LogP contribution in [0.15, 0.2) is 0 Å². The predicted octanol–water partition coefficient (Wildman–Crippen LogP) is 2.62. The van der Waals surface area contributed by atoms with Gasteiger partial charge in [-0.25, -0.2) is 0 Å². The zero-order valence-electron chi connectivity index (χ0n) is 11.8. The average Bonchev–Trinajstić information content (AvgIpc) is 2.51. The van der Waals surface area contributed by atoms with E-state index in [2.05, 4.69) is 19.9 Å². The summed E-state index contributed by atoms with van der Waals surface area (Å²) in [5, 5.41) is 9.03. The molecule has 0 atom stereocenters. The van der Waals surface area contributed by atoms with Gasteiger partial charge in [-0.05, 0) is 31.7 Å². The van der Waals surface area contributed by atoms with Gasteiger partial charge < -0.3 is 15.0 Å². The van der Waals surface area contributed by atoms with Crippen molar-refractivity contribution in [3.8, 4) is 6.07 Å². The van der Waals surface area contributed by atoms with Crippen molar-refractivity contribution >= 4 is 5.82 Å². The molecule has 0 aromatic carbocycles. The summed E-state index contributed by atoms with van der Waals surface area (Å²) >= 11 is 0. The van der Waals surface area contributed by atoms with Crippen molar-refractivity contribution in [3.63, 3.8) is 0 Å². The Morgan fingerprint density at radius 2 is 2.00 bits per heavy atom. The molecule has 0 aliphatic heterocycles. The maximum Gasteiger partial charge on any atom is 0.122 e. The SMILES string of the molecule is Cc1c(C#N)c(N)n(CCOCCC(C)C)c1C. The van der Waals surface area contributed by atoms with Crippen molar-refractivity contribution < 1.29 is 4.74 Å². The number of rotatable bonds is 6. The van der Waals surface area contributed by atoms with Crippen LogP contribution in [0.4, 0.5) is 5.82 Å². The van der Waals surface area contributed by atoms with Gasteiger partial charge in [0, 0.05) is 18.8 Å². The largest absolute Gasteiger partial charge is 0.384 e. The van der Waals surface area contributed by atoms with Gasteiger partial charge in [0.05, 0.1) is 12.2 Å². The number of anilines is 1. The maximum atomic E-state index is 9.03. The standard InChI is InChI=1S/C14H23N3O/c1-10(2)5-7-18-8-6-17-12(4)11(3)13(9-15)14(17)16/h10H,5-8,16H2,1-4H3. The minimum atomic E-state index is 0.556. The van der Waals surface area contributed by atoms with Gasteiger partial charge in [-0.3, -0.25) is 0 Å². The second kappa shape index (κ2) is 6.46. The Bertz CT molecular complexity index is 441. The lowest BCUT2D eigenvalue weighted by Crippen LogP contribution is -2.11. The molecule has 1 heterocycles. The fourth-order valence-electron chi connectivity index (χ4n) is 1.90. The number of nitrogens with two attached hydrogens (primary N) is 1. The third-order valence-corrected chi connectivity index (χ3v) is 3.28. The third kappa shape index (κ3) is 3.27. The highest BCUT2D eigenvalue weighted by Crippen LogP contribution is 2.23. The summed E-state index contributed by atoms with van der Waals surface area (Å²) in [6.45, 7) is 10.4. The molecule has 0 saturated heterocycles. The van der Waals surface area contributed by atoms with Crippen molar-refractivity contribution in [2.45, 2.75) is 40.7 Å². The first-order valence-corrected chi connectivity index (χ1v) is 6.42. The molecule has 2 N–H and O–H groups in total. The molecule has 0 saturated carbocycles. The summed E-state index contributed by atoms with van der Waals surface area (Å²) in [6, 6.07) is 2.15. The van der Waals surface area contributed by atoms with Crippen LogP contribution in [-0.4, -0.2) is 17.8 Å². The monoisotopic (exact) mass is 249 g/mol. The molecule has 4 heteroatoms. The van der Waals surface area contributed by atoms with Crippen LogP contribution >= 0.6 is 0 Å². The average molecular weight is 249 g/mol. The highest BCUT2D eigenvalue weighted by Gasteiger charge is 2.14. The molecule has 0 unspecified atom stereocenters. The molecular weight excluding hydrogens is 226 g/mol. The summed E-state index contributed by atoms with van der Waals surface area (Å²) in [6.07, 6.45) is 1.07. The van der Waals surface area contributed by atoms with E-state index in [1.54, 1.807) is 0 Å². The van der Waals surface area contributed by atoms with Crippen molar-refractivity contribution in [2.75, 3.05) is 18.9 Å². The number of nitrogens with zero attached hydrogens (tertiary/aromatic N) is 2. The summed E-state index contributed by atoms with van der Waals surface area (Å²) in [5.41, 5.74) is 8.58. The van der Waals surface area contributed by atoms with Gasteiger partial charge in [0.2, 0.25) is 0 Å². The van der Waals surface area contributed by atoms with Crippen LogP contribution in [0, 0.1) is 31.1 Å². The fourth-order valence-corrected chi connectivity index (χ4v) is 1.90. The quantitative estimate of drug-likeness (QED) is 0.788. The van der Waals surface area contributed by atoms with Gasteiger partial charge in [0.15, 0.2) is 0 Å². The molecule has 0 fully saturated rings. The highest BCUT2D eigenvalue weighted by molar-refractivity contribution is 5.57. The van der Waals surface area contributed by atoms with E-state index < -0.39 is 0 Å². The number of ether oxygens (including phenoxy) is 1. The normalized spacial score (nSPS) is 10.9. The number of hydrogen-bond donors (Lipinski definition) is 1. The van der Waals surface area contributed by atoms with Gasteiger partial charge in [0.1, 0.15) is 11.9 Å². The van der Waals surface area contributed by atoms with E-state index in [1.165, 1.54) is 0 Å². The predicted molar refractivity (Wildman–Crippen MR) is 73.3 cm³/mol. The smallest absolute Gasteiger partial charge is 0.122 e. The molecule has 1 aromatic rings. The zero-order valence-corrected chi connectivity index (χ0v) is 11.8. The Morgan fingerprint density at radius 3 is 2.50 bits per heavy atom. The van der Waals surface area contributed by atoms with Crippen molar-refractivity contribution in [3.05, 3.63) is 16.8 Å². The van der Waals surface area contributed by atoms with Crippen LogP contribution < -0.4 is 5.73 Å². The molecule has 1 aromatic heterocycles. The molecule has 0 aliphatic carbocycles. The zero-order chi connectivity index (χ0) is 13.7. The Kier molecular flexibility index (Phi) is 5.24. The number of nitriles is 1. The van der Waals surface area contributed by atoms with Crippen LogP contribution in [0.1, 0.15) is 37.1 Å². The first-order valence-electron chi connectivity index (χ1n) is 6.42. The Hall–Kier alpha value is -1.47. The van der Waals surface area contributed by atoms with Gasteiger partial charge in [0.25, 0.3) is 0 Å². The molecule has 0 amide bonds. The van der Waals surface area contributed by atoms with Gasteiger partial charge in [-0.15, -0.1) is 0 Å². The summed E-state index contributed by atoms with van der Waals surface area (Å²) in [4.78, 5) is 0. The molecule has 100 valence electrons. The topological polar surface area (TPSA) is 64.0 Å². The molecule has 0 bridgehead atoms. The Morgan fingerprint density at radius 1 is 1.33 bits per heavy atom. The summed E-state index contributed by atoms with van der Waals surface area (Å²) in [7, 11) is 0. The van der Waals surface area contributed by atoms with Crippen LogP contribution in [0.2, 0.25) is 0 Å². The van der Waals surface area contributed by atoms with Gasteiger partial charge in [-0.1, -0.05) is 13.8 Å². The number of hydrogen-bond acceptors (Lipinski definition) is 3. The van der Waals surface area contributed by atoms with Crippen molar-refractivity contribution in [1.29, 1.82) is 5.26 Å². The van der Waals surface area contributed by atoms with Crippen molar-refractivity contribution in [2.24, 2.45) is 5.92 Å². The van der Waals surface area contributed by atoms with Gasteiger partial charge in [-0.2, -0.15) is 5.26 Å². The molecule has 1 rings (SSSR count). The van der Waals surface area contributed by atoms with E-state index in [0.717, 1.165) is 24.3 Å². The summed E-state index contributed by atoms with van der Waals surface area (Å²) in [5.74, 6) is 1.22. The lowest BCUT2D eigenvalue weighted by Gasteiger charge is -2.10. The minimum Gasteiger partial charge on any atom is -0.384 e. The van der Waals surface area contributed by atoms with Crippen LogP contribution in [-0.2, 0) is 11.3 Å². The minimum absolute atomic E-state index is 0.556. The maximum absolute atomic E-state index is 9.03. The van der Waals surface area contributed by atoms with Crippen LogP contribution in [0.5, 0.6) is 0 Å². The fraction of sp³-hybridized carbons (Fsp3) is 0.643. The Balaban J connectivity index is 2.56. The summed E-state index contributed by atoms with van der Waals surface area (Å²) < 4.78 is 7.54. The molecule has 18 heavy (non-hydrogen) atoms. The van der Waals surface area contributed by atoms with Crippen LogP contribution in [0.3, 0.4) is 0 Å². The van der Waals surface area contributed by atoms with E-state index in [1.807, 2.05) is 18.4 Å². The molecule has 0 aliphatic rings. The lowest BCUT2D eigenvalue weighted by atomic mass is 10.1. The highest BCUT2D eigenvalue weighted by atomic mass is 16.5. The molecule has 0 radical (unpaired) electrons. The first-order chi connectivity index (χ1) is 8.49. The second-order valence-corrected chi connectivity index (χ2v) is 5.03. The van der Waals surface area contributed by atoms with E-state index in [4.69, 9.17) is 15.7 Å². The first kappa shape index (κ1) is 14.6. The van der Waals surface area contributed by atoms with E-state index >= 15 is 0 Å². The third-order valence-electron chi connectivity index (χ3n) is 3.28. The van der Waals surface area contributed by atoms with E-state index in [-0.39, 0.29) is 0 Å². The van der Waals surface area contributed by atoms with Crippen LogP contribution in [0.25, 0.3) is 0 Å². The number of aromatic nitrogens is 1.